The van der Waals surface area contributed by atoms with Crippen molar-refractivity contribution in [3.8, 4) is 0 Å². The number of oxazole rings is 1. The van der Waals surface area contributed by atoms with Crippen LogP contribution in [-0.2, 0) is 17.9 Å². The van der Waals surface area contributed by atoms with Crippen LogP contribution in [-0.4, -0.2) is 27.3 Å². The van der Waals surface area contributed by atoms with Crippen molar-refractivity contribution in [1.82, 2.24) is 9.47 Å². The Morgan fingerprint density at radius 2 is 1.96 bits per heavy atom. The van der Waals surface area contributed by atoms with Gasteiger partial charge in [0.05, 0.1) is 16.5 Å². The molecule has 28 heavy (non-hydrogen) atoms. The van der Waals surface area contributed by atoms with Gasteiger partial charge in [0.2, 0.25) is 5.91 Å². The molecule has 0 N–H and O–H groups in total. The molecule has 8 nitrogen and oxygen atoms in total. The number of benzene rings is 2. The molecule has 0 aliphatic rings. The number of rotatable bonds is 7. The molecule has 0 aliphatic carbocycles. The third kappa shape index (κ3) is 4.48. The molecule has 146 valence electrons. The molecule has 3 aromatic rings. The van der Waals surface area contributed by atoms with Crippen molar-refractivity contribution in [3.63, 3.8) is 0 Å². The van der Waals surface area contributed by atoms with Crippen LogP contribution in [0.1, 0.15) is 18.4 Å². The molecule has 0 saturated carbocycles. The molecule has 0 spiro atoms. The van der Waals surface area contributed by atoms with E-state index < -0.39 is 10.7 Å². The van der Waals surface area contributed by atoms with Gasteiger partial charge in [-0.05, 0) is 30.2 Å². The first-order valence-corrected chi connectivity index (χ1v) is 9.40. The van der Waals surface area contributed by atoms with Gasteiger partial charge >= 0.3 is 5.76 Å². The summed E-state index contributed by atoms with van der Waals surface area (Å²) in [5.74, 6) is -0.620. The van der Waals surface area contributed by atoms with Gasteiger partial charge in [0.1, 0.15) is 0 Å². The highest BCUT2D eigenvalue weighted by atomic mass is 79.9. The second-order valence-electron chi connectivity index (χ2n) is 6.41. The number of carbonyl (C=O) groups excluding carboxylic acids is 1. The summed E-state index contributed by atoms with van der Waals surface area (Å²) < 4.78 is 7.46. The minimum absolute atomic E-state index is 0.0283. The quantitative estimate of drug-likeness (QED) is 0.406. The van der Waals surface area contributed by atoms with E-state index in [1.54, 1.807) is 11.9 Å². The summed E-state index contributed by atoms with van der Waals surface area (Å²) in [4.78, 5) is 36.3. The number of nitro groups is 1. The average Bonchev–Trinajstić information content (AvgIpc) is 2.98. The van der Waals surface area contributed by atoms with Gasteiger partial charge in [-0.3, -0.25) is 19.5 Å². The van der Waals surface area contributed by atoms with Crippen LogP contribution in [0.25, 0.3) is 11.1 Å². The number of nitro benzene ring substituents is 1. The van der Waals surface area contributed by atoms with Crippen LogP contribution in [0, 0.1) is 10.1 Å². The van der Waals surface area contributed by atoms with Crippen LogP contribution < -0.4 is 5.76 Å². The molecule has 0 atom stereocenters. The number of carbonyl (C=O) groups is 1. The van der Waals surface area contributed by atoms with Crippen molar-refractivity contribution in [3.05, 3.63) is 73.2 Å². The molecule has 1 aromatic heterocycles. The number of non-ortho nitro benzene ring substituents is 1. The summed E-state index contributed by atoms with van der Waals surface area (Å²) in [6.45, 7) is 0.797. The van der Waals surface area contributed by atoms with Crippen LogP contribution in [0.2, 0.25) is 0 Å². The molecule has 9 heteroatoms. The average molecular weight is 448 g/mol. The molecule has 0 aliphatic heterocycles. The third-order valence-corrected chi connectivity index (χ3v) is 4.92. The third-order valence-electron chi connectivity index (χ3n) is 4.39. The van der Waals surface area contributed by atoms with E-state index in [-0.39, 0.29) is 23.6 Å². The maximum absolute atomic E-state index is 12.3. The van der Waals surface area contributed by atoms with Crippen LogP contribution in [0.4, 0.5) is 5.69 Å². The van der Waals surface area contributed by atoms with E-state index in [2.05, 4.69) is 15.9 Å². The number of hydrogen-bond donors (Lipinski definition) is 0. The number of amides is 1. The first kappa shape index (κ1) is 19.8. The first-order chi connectivity index (χ1) is 13.3. The van der Waals surface area contributed by atoms with E-state index >= 15 is 0 Å². The van der Waals surface area contributed by atoms with Crippen molar-refractivity contribution >= 4 is 38.6 Å². The van der Waals surface area contributed by atoms with Crippen molar-refractivity contribution in [2.45, 2.75) is 25.9 Å². The minimum atomic E-state index is -0.592. The molecule has 1 amide bonds. The Morgan fingerprint density at radius 1 is 1.25 bits per heavy atom. The lowest BCUT2D eigenvalue weighted by Crippen LogP contribution is -2.26. The highest BCUT2D eigenvalue weighted by molar-refractivity contribution is 9.10. The van der Waals surface area contributed by atoms with Gasteiger partial charge in [-0.15, -0.1) is 0 Å². The Balaban J connectivity index is 1.60. The standard InChI is InChI=1S/C19H18BrN3O5/c1-21(12-13-4-6-14(20)7-5-13)18(24)3-2-10-22-16-9-8-15(23(26)27)11-17(16)28-19(22)25/h4-9,11H,2-3,10,12H2,1H3. The van der Waals surface area contributed by atoms with E-state index in [1.807, 2.05) is 24.3 Å². The Hall–Kier alpha value is -2.94. The Kier molecular flexibility index (Phi) is 5.93. The van der Waals surface area contributed by atoms with Gasteiger partial charge in [0, 0.05) is 37.1 Å². The van der Waals surface area contributed by atoms with E-state index in [1.165, 1.54) is 22.8 Å². The number of fused-ring (bicyclic) bond motifs is 1. The lowest BCUT2D eigenvalue weighted by molar-refractivity contribution is -0.384. The summed E-state index contributed by atoms with van der Waals surface area (Å²) in [5, 5.41) is 10.8. The molecular weight excluding hydrogens is 430 g/mol. The SMILES string of the molecule is CN(Cc1ccc(Br)cc1)C(=O)CCCn1c(=O)oc2cc([N+](=O)[O-])ccc21. The van der Waals surface area contributed by atoms with E-state index in [0.29, 0.717) is 25.0 Å². The molecule has 1 heterocycles. The van der Waals surface area contributed by atoms with Gasteiger partial charge in [-0.25, -0.2) is 4.79 Å². The molecule has 0 radical (unpaired) electrons. The van der Waals surface area contributed by atoms with Gasteiger partial charge in [0.25, 0.3) is 5.69 Å². The van der Waals surface area contributed by atoms with Crippen LogP contribution in [0.3, 0.4) is 0 Å². The molecular formula is C19H18BrN3O5. The Labute approximate surface area is 168 Å². The summed E-state index contributed by atoms with van der Waals surface area (Å²) in [6, 6.07) is 11.8. The lowest BCUT2D eigenvalue weighted by Gasteiger charge is -2.17. The highest BCUT2D eigenvalue weighted by Crippen LogP contribution is 2.20. The van der Waals surface area contributed by atoms with Crippen LogP contribution in [0.15, 0.2) is 56.1 Å². The van der Waals surface area contributed by atoms with E-state index in [9.17, 15) is 19.7 Å². The van der Waals surface area contributed by atoms with Crippen LogP contribution >= 0.6 is 15.9 Å². The molecule has 0 bridgehead atoms. The van der Waals surface area contributed by atoms with E-state index in [0.717, 1.165) is 10.0 Å². The van der Waals surface area contributed by atoms with Crippen molar-refractivity contribution in [1.29, 1.82) is 0 Å². The number of hydrogen-bond acceptors (Lipinski definition) is 5. The van der Waals surface area contributed by atoms with Gasteiger partial charge in [-0.1, -0.05) is 28.1 Å². The monoisotopic (exact) mass is 447 g/mol. The summed E-state index contributed by atoms with van der Waals surface area (Å²) in [7, 11) is 1.74. The van der Waals surface area contributed by atoms with E-state index in [4.69, 9.17) is 4.42 Å². The lowest BCUT2D eigenvalue weighted by atomic mass is 10.2. The Morgan fingerprint density at radius 3 is 2.64 bits per heavy atom. The first-order valence-electron chi connectivity index (χ1n) is 8.61. The summed E-state index contributed by atoms with van der Waals surface area (Å²) in [6.07, 6.45) is 0.730. The van der Waals surface area contributed by atoms with Gasteiger partial charge in [0.15, 0.2) is 5.58 Å². The predicted octanol–water partition coefficient (Wildman–Crippen LogP) is 3.70. The summed E-state index contributed by atoms with van der Waals surface area (Å²) in [5.41, 5.74) is 1.53. The highest BCUT2D eigenvalue weighted by Gasteiger charge is 2.15. The van der Waals surface area contributed by atoms with Crippen molar-refractivity contribution < 1.29 is 14.1 Å². The van der Waals surface area contributed by atoms with Gasteiger partial charge in [-0.2, -0.15) is 0 Å². The van der Waals surface area contributed by atoms with Crippen LogP contribution in [0.5, 0.6) is 0 Å². The molecule has 3 rings (SSSR count). The molecule has 2 aromatic carbocycles. The molecule has 0 saturated heterocycles. The fourth-order valence-electron chi connectivity index (χ4n) is 2.91. The zero-order valence-electron chi connectivity index (χ0n) is 15.1. The number of aryl methyl sites for hydroxylation is 1. The topological polar surface area (TPSA) is 98.6 Å². The molecule has 0 fully saturated rings. The number of nitrogens with zero attached hydrogens (tertiary/aromatic N) is 3. The van der Waals surface area contributed by atoms with Crippen molar-refractivity contribution in [2.75, 3.05) is 7.05 Å². The second kappa shape index (κ2) is 8.39. The second-order valence-corrected chi connectivity index (χ2v) is 7.32. The number of aromatic nitrogens is 1. The predicted molar refractivity (Wildman–Crippen MR) is 107 cm³/mol. The molecule has 0 unspecified atom stereocenters. The maximum atomic E-state index is 12.3. The van der Waals surface area contributed by atoms with Crippen molar-refractivity contribution in [2.24, 2.45) is 0 Å². The maximum Gasteiger partial charge on any atom is 0.419 e. The fraction of sp³-hybridized carbons (Fsp3) is 0.263. The number of halogens is 1. The summed E-state index contributed by atoms with van der Waals surface area (Å²) >= 11 is 3.38. The smallest absolute Gasteiger partial charge is 0.407 e. The zero-order chi connectivity index (χ0) is 20.3. The minimum Gasteiger partial charge on any atom is -0.407 e. The normalized spacial score (nSPS) is 10.9. The van der Waals surface area contributed by atoms with Gasteiger partial charge < -0.3 is 9.32 Å². The zero-order valence-corrected chi connectivity index (χ0v) is 16.7. The largest absolute Gasteiger partial charge is 0.419 e. The Bertz CT molecular complexity index is 1070. The fourth-order valence-corrected chi connectivity index (χ4v) is 3.18.